The summed E-state index contributed by atoms with van der Waals surface area (Å²) in [5, 5.41) is 14.9. The molecule has 0 spiro atoms. The second-order valence-corrected chi connectivity index (χ2v) is 8.22. The maximum atomic E-state index is 13.2. The lowest BCUT2D eigenvalue weighted by molar-refractivity contribution is -0.0941. The third-order valence-electron chi connectivity index (χ3n) is 4.92. The van der Waals surface area contributed by atoms with Gasteiger partial charge in [-0.1, -0.05) is 41.4 Å². The van der Waals surface area contributed by atoms with Gasteiger partial charge in [0, 0.05) is 28.0 Å². The molecule has 0 aromatic heterocycles. The molecule has 1 fully saturated rings. The Hall–Kier alpha value is -2.74. The summed E-state index contributed by atoms with van der Waals surface area (Å²) in [5.41, 5.74) is -0.0914. The zero-order chi connectivity index (χ0) is 22.1. The summed E-state index contributed by atoms with van der Waals surface area (Å²) in [4.78, 5) is 28.9. The first-order valence-electron chi connectivity index (χ1n) is 9.18. The van der Waals surface area contributed by atoms with Crippen molar-refractivity contribution in [2.24, 2.45) is 0 Å². The topological polar surface area (TPSA) is 76.1 Å². The fourth-order valence-electron chi connectivity index (χ4n) is 3.52. The van der Waals surface area contributed by atoms with Crippen LogP contribution < -0.4 is 10.2 Å². The van der Waals surface area contributed by atoms with Crippen LogP contribution in [0.5, 0.6) is 0 Å². The fourth-order valence-corrected chi connectivity index (χ4v) is 3.90. The predicted octanol–water partition coefficient (Wildman–Crippen LogP) is 5.45. The van der Waals surface area contributed by atoms with Crippen LogP contribution >= 0.6 is 23.2 Å². The number of urea groups is 2. The molecule has 9 heteroatoms. The summed E-state index contributed by atoms with van der Waals surface area (Å²) >= 11 is 12.1. The number of carbonyl (C=O) groups excluding carboxylic acids is 2. The third-order valence-corrected chi connectivity index (χ3v) is 5.39. The third kappa shape index (κ3) is 4.09. The molecule has 158 valence electrons. The quantitative estimate of drug-likeness (QED) is 0.362. The van der Waals surface area contributed by atoms with E-state index in [1.165, 1.54) is 9.80 Å². The lowest BCUT2D eigenvalue weighted by Gasteiger charge is -2.38. The zero-order valence-corrected chi connectivity index (χ0v) is 18.1. The number of nitrogens with one attached hydrogen (secondary N) is 1. The molecule has 0 unspecified atom stereocenters. The van der Waals surface area contributed by atoms with Crippen LogP contribution in [0, 0.1) is 0 Å². The predicted molar refractivity (Wildman–Crippen MR) is 118 cm³/mol. The summed E-state index contributed by atoms with van der Waals surface area (Å²) < 4.78 is 0. The fraction of sp³-hybridized carbons (Fsp3) is 0.238. The first-order valence-corrected chi connectivity index (χ1v) is 9.94. The van der Waals surface area contributed by atoms with Crippen molar-refractivity contribution in [3.63, 3.8) is 0 Å². The monoisotopic (exact) mass is 448 g/mol. The van der Waals surface area contributed by atoms with Crippen LogP contribution in [0.25, 0.3) is 0 Å². The molecule has 1 atom stereocenters. The van der Waals surface area contributed by atoms with Gasteiger partial charge in [-0.3, -0.25) is 10.1 Å². The van der Waals surface area contributed by atoms with Crippen LogP contribution in [0.3, 0.4) is 0 Å². The van der Waals surface area contributed by atoms with Gasteiger partial charge in [0.15, 0.2) is 6.17 Å². The largest absolute Gasteiger partial charge is 0.347 e. The van der Waals surface area contributed by atoms with E-state index in [1.54, 1.807) is 68.5 Å². The Kier molecular flexibility index (Phi) is 6.26. The summed E-state index contributed by atoms with van der Waals surface area (Å²) in [6.45, 7) is 7.47. The highest BCUT2D eigenvalue weighted by molar-refractivity contribution is 6.31. The molecule has 2 aromatic carbocycles. The second kappa shape index (κ2) is 8.55. The van der Waals surface area contributed by atoms with Gasteiger partial charge in [0.25, 0.3) is 0 Å². The van der Waals surface area contributed by atoms with Crippen LogP contribution in [0.1, 0.15) is 13.8 Å². The minimum Gasteiger partial charge on any atom is -0.311 e. The van der Waals surface area contributed by atoms with Gasteiger partial charge in [-0.2, -0.15) is 5.06 Å². The molecule has 2 N–H and O–H groups in total. The Morgan fingerprint density at radius 3 is 2.47 bits per heavy atom. The summed E-state index contributed by atoms with van der Waals surface area (Å²) in [7, 11) is 0. The molecule has 1 aliphatic rings. The van der Waals surface area contributed by atoms with Gasteiger partial charge >= 0.3 is 12.1 Å². The Morgan fingerprint density at radius 1 is 1.23 bits per heavy atom. The minimum atomic E-state index is -1.04. The number of hydrogen-bond acceptors (Lipinski definition) is 3. The number of amides is 4. The van der Waals surface area contributed by atoms with E-state index >= 15 is 0 Å². The van der Waals surface area contributed by atoms with Crippen molar-refractivity contribution in [1.82, 2.24) is 9.96 Å². The molecular formula is C21H22Cl2N4O3. The average Bonchev–Trinajstić information content (AvgIpc) is 2.88. The molecule has 0 saturated carbocycles. The Labute approximate surface area is 185 Å². The molecule has 1 heterocycles. The van der Waals surface area contributed by atoms with E-state index < -0.39 is 17.7 Å². The van der Waals surface area contributed by atoms with Crippen molar-refractivity contribution in [3.05, 3.63) is 71.2 Å². The number of rotatable bonds is 5. The van der Waals surface area contributed by atoms with Crippen LogP contribution in [-0.2, 0) is 0 Å². The van der Waals surface area contributed by atoms with Crippen LogP contribution in [0.2, 0.25) is 10.0 Å². The summed E-state index contributed by atoms with van der Waals surface area (Å²) in [5.74, 6) is 0. The van der Waals surface area contributed by atoms with Gasteiger partial charge in [-0.25, -0.2) is 9.59 Å². The van der Waals surface area contributed by atoms with E-state index in [0.717, 1.165) is 0 Å². The van der Waals surface area contributed by atoms with Crippen LogP contribution in [-0.4, -0.2) is 45.5 Å². The first-order chi connectivity index (χ1) is 14.2. The Balaban J connectivity index is 1.99. The molecule has 0 radical (unpaired) electrons. The molecule has 1 saturated heterocycles. The van der Waals surface area contributed by atoms with Crippen molar-refractivity contribution in [3.8, 4) is 0 Å². The zero-order valence-electron chi connectivity index (χ0n) is 16.5. The molecule has 0 bridgehead atoms. The lowest BCUT2D eigenvalue weighted by Crippen LogP contribution is -2.58. The number of halogens is 2. The SMILES string of the molecule is C=CCN1C(=O)N(c2cccc(Cl)c2)[C@@H](N(O)C(=O)Nc2cccc(Cl)c2)C1(C)C. The van der Waals surface area contributed by atoms with Gasteiger partial charge in [0.05, 0.1) is 5.54 Å². The molecule has 7 nitrogen and oxygen atoms in total. The molecule has 2 aromatic rings. The van der Waals surface area contributed by atoms with Crippen LogP contribution in [0.4, 0.5) is 21.0 Å². The number of carbonyl (C=O) groups is 2. The van der Waals surface area contributed by atoms with Crippen molar-refractivity contribution >= 4 is 46.6 Å². The van der Waals surface area contributed by atoms with E-state index in [4.69, 9.17) is 23.2 Å². The molecule has 1 aliphatic heterocycles. The molecular weight excluding hydrogens is 427 g/mol. The maximum absolute atomic E-state index is 13.2. The van der Waals surface area contributed by atoms with E-state index in [9.17, 15) is 14.8 Å². The van der Waals surface area contributed by atoms with Gasteiger partial charge in [-0.05, 0) is 50.2 Å². The highest BCUT2D eigenvalue weighted by Crippen LogP contribution is 2.38. The van der Waals surface area contributed by atoms with Crippen molar-refractivity contribution in [2.45, 2.75) is 25.6 Å². The maximum Gasteiger partial charge on any atom is 0.347 e. The summed E-state index contributed by atoms with van der Waals surface area (Å²) in [6.07, 6.45) is 0.550. The van der Waals surface area contributed by atoms with E-state index in [2.05, 4.69) is 11.9 Å². The van der Waals surface area contributed by atoms with Gasteiger partial charge in [0.1, 0.15) is 0 Å². The number of anilines is 2. The van der Waals surface area contributed by atoms with Gasteiger partial charge < -0.3 is 10.2 Å². The first kappa shape index (κ1) is 22.0. The van der Waals surface area contributed by atoms with Crippen molar-refractivity contribution in [1.29, 1.82) is 0 Å². The number of benzene rings is 2. The Morgan fingerprint density at radius 2 is 1.87 bits per heavy atom. The van der Waals surface area contributed by atoms with Gasteiger partial charge in [-0.15, -0.1) is 6.58 Å². The standard InChI is InChI=1S/C21H22Cl2N4O3/c1-4-11-25-20(29)26(17-10-6-8-15(23)13-17)18(21(25,2)3)27(30)19(28)24-16-9-5-7-14(22)12-16/h4-10,12-13,18,30H,1,11H2,2-3H3,(H,24,28)/t18-/m0/s1. The highest BCUT2D eigenvalue weighted by atomic mass is 35.5. The van der Waals surface area contributed by atoms with E-state index in [-0.39, 0.29) is 12.6 Å². The number of nitrogens with zero attached hydrogens (tertiary/aromatic N) is 3. The van der Waals surface area contributed by atoms with E-state index in [0.29, 0.717) is 26.5 Å². The lowest BCUT2D eigenvalue weighted by atomic mass is 10.00. The second-order valence-electron chi connectivity index (χ2n) is 7.34. The molecule has 4 amide bonds. The van der Waals surface area contributed by atoms with Crippen molar-refractivity contribution < 1.29 is 14.8 Å². The minimum absolute atomic E-state index is 0.239. The summed E-state index contributed by atoms with van der Waals surface area (Å²) in [6, 6.07) is 12.0. The van der Waals surface area contributed by atoms with Gasteiger partial charge in [0.2, 0.25) is 0 Å². The molecule has 30 heavy (non-hydrogen) atoms. The molecule has 3 rings (SSSR count). The average molecular weight is 449 g/mol. The number of hydroxylamine groups is 2. The van der Waals surface area contributed by atoms with E-state index in [1.807, 2.05) is 0 Å². The number of hydrogen-bond donors (Lipinski definition) is 2. The smallest absolute Gasteiger partial charge is 0.311 e. The Bertz CT molecular complexity index is 982. The molecule has 0 aliphatic carbocycles. The van der Waals surface area contributed by atoms with Crippen molar-refractivity contribution in [2.75, 3.05) is 16.8 Å². The normalized spacial score (nSPS) is 17.8. The van der Waals surface area contributed by atoms with Crippen LogP contribution in [0.15, 0.2) is 61.2 Å². The highest BCUT2D eigenvalue weighted by Gasteiger charge is 2.55.